The number of thioether (sulfide) groups is 1. The molecule has 8 heteroatoms. The molecule has 7 nitrogen and oxygen atoms in total. The summed E-state index contributed by atoms with van der Waals surface area (Å²) in [5.41, 5.74) is 3.01. The highest BCUT2D eigenvalue weighted by Gasteiger charge is 2.17. The van der Waals surface area contributed by atoms with Crippen LogP contribution in [-0.4, -0.2) is 31.2 Å². The molecule has 0 aliphatic carbocycles. The Morgan fingerprint density at radius 2 is 1.78 bits per heavy atom. The van der Waals surface area contributed by atoms with E-state index in [2.05, 4.69) is 10.2 Å². The molecule has 0 N–H and O–H groups in total. The Labute approximate surface area is 160 Å². The molecule has 0 fully saturated rings. The lowest BCUT2D eigenvalue weighted by atomic mass is 10.1. The van der Waals surface area contributed by atoms with Gasteiger partial charge < -0.3 is 23.4 Å². The van der Waals surface area contributed by atoms with Gasteiger partial charge in [0.05, 0.1) is 14.2 Å². The van der Waals surface area contributed by atoms with E-state index in [0.29, 0.717) is 34.1 Å². The van der Waals surface area contributed by atoms with E-state index in [4.69, 9.17) is 23.4 Å². The predicted molar refractivity (Wildman–Crippen MR) is 99.7 cm³/mol. The van der Waals surface area contributed by atoms with Crippen molar-refractivity contribution in [3.63, 3.8) is 0 Å². The van der Waals surface area contributed by atoms with E-state index in [1.807, 2.05) is 37.3 Å². The van der Waals surface area contributed by atoms with Crippen molar-refractivity contribution in [3.8, 4) is 34.5 Å². The summed E-state index contributed by atoms with van der Waals surface area (Å²) in [6.07, 6.45) is 0. The third-order valence-corrected chi connectivity index (χ3v) is 5.09. The van der Waals surface area contributed by atoms with Gasteiger partial charge in [-0.05, 0) is 48.4 Å². The minimum atomic E-state index is 0.231. The van der Waals surface area contributed by atoms with E-state index in [-0.39, 0.29) is 6.79 Å². The van der Waals surface area contributed by atoms with Crippen LogP contribution in [0.2, 0.25) is 0 Å². The lowest BCUT2D eigenvalue weighted by Gasteiger charge is -2.11. The molecule has 4 rings (SSSR count). The summed E-state index contributed by atoms with van der Waals surface area (Å²) in [4.78, 5) is 0. The Kier molecular flexibility index (Phi) is 4.81. The van der Waals surface area contributed by atoms with Crippen LogP contribution in [0.1, 0.15) is 11.1 Å². The second-order valence-corrected chi connectivity index (χ2v) is 6.79. The number of nitrogens with zero attached hydrogens (tertiary/aromatic N) is 2. The van der Waals surface area contributed by atoms with Crippen LogP contribution in [0.15, 0.2) is 40.0 Å². The molecule has 0 radical (unpaired) electrons. The Balaban J connectivity index is 1.49. The maximum atomic E-state index is 5.78. The molecule has 0 saturated heterocycles. The van der Waals surface area contributed by atoms with Crippen molar-refractivity contribution in [1.82, 2.24) is 10.2 Å². The van der Waals surface area contributed by atoms with Crippen LogP contribution in [0.25, 0.3) is 11.5 Å². The van der Waals surface area contributed by atoms with Crippen molar-refractivity contribution in [3.05, 3.63) is 41.5 Å². The highest BCUT2D eigenvalue weighted by molar-refractivity contribution is 7.98. The van der Waals surface area contributed by atoms with Crippen LogP contribution in [0.4, 0.5) is 0 Å². The maximum Gasteiger partial charge on any atom is 0.277 e. The lowest BCUT2D eigenvalue weighted by Crippen LogP contribution is -1.95. The predicted octanol–water partition coefficient (Wildman–Crippen LogP) is 4.08. The first kappa shape index (κ1) is 17.5. The van der Waals surface area contributed by atoms with E-state index in [1.165, 1.54) is 11.8 Å². The van der Waals surface area contributed by atoms with Crippen LogP contribution in [0, 0.1) is 6.92 Å². The van der Waals surface area contributed by atoms with Gasteiger partial charge in [0.2, 0.25) is 12.7 Å². The average Bonchev–Trinajstić information content (AvgIpc) is 3.35. The van der Waals surface area contributed by atoms with Crippen molar-refractivity contribution in [1.29, 1.82) is 0 Å². The van der Waals surface area contributed by atoms with Gasteiger partial charge in [-0.25, -0.2) is 0 Å². The number of aromatic nitrogens is 2. The third kappa shape index (κ3) is 3.52. The molecule has 0 spiro atoms. The van der Waals surface area contributed by atoms with E-state index in [0.717, 1.165) is 22.4 Å². The van der Waals surface area contributed by atoms with Gasteiger partial charge in [0.1, 0.15) is 0 Å². The highest BCUT2D eigenvalue weighted by Crippen LogP contribution is 2.37. The van der Waals surface area contributed by atoms with Crippen molar-refractivity contribution in [2.45, 2.75) is 17.9 Å². The van der Waals surface area contributed by atoms with E-state index in [1.54, 1.807) is 14.2 Å². The molecular formula is C19H18N2O5S. The fourth-order valence-electron chi connectivity index (χ4n) is 2.73. The molecule has 0 saturated carbocycles. The zero-order valence-corrected chi connectivity index (χ0v) is 16.0. The smallest absolute Gasteiger partial charge is 0.277 e. The molecule has 1 aliphatic heterocycles. The number of benzene rings is 2. The Bertz CT molecular complexity index is 973. The summed E-state index contributed by atoms with van der Waals surface area (Å²) >= 11 is 1.47. The molecule has 1 aromatic heterocycles. The third-order valence-electron chi connectivity index (χ3n) is 4.22. The number of aryl methyl sites for hydroxylation is 1. The Morgan fingerprint density at radius 3 is 2.59 bits per heavy atom. The largest absolute Gasteiger partial charge is 0.493 e. The lowest BCUT2D eigenvalue weighted by molar-refractivity contribution is 0.174. The van der Waals surface area contributed by atoms with Gasteiger partial charge in [-0.15, -0.1) is 10.2 Å². The van der Waals surface area contributed by atoms with E-state index in [9.17, 15) is 0 Å². The molecule has 2 heterocycles. The normalized spacial score (nSPS) is 12.3. The zero-order chi connectivity index (χ0) is 18.8. The highest BCUT2D eigenvalue weighted by atomic mass is 32.2. The van der Waals surface area contributed by atoms with Crippen molar-refractivity contribution in [2.75, 3.05) is 21.0 Å². The van der Waals surface area contributed by atoms with E-state index >= 15 is 0 Å². The Hall–Kier alpha value is -2.87. The van der Waals surface area contributed by atoms with Crippen LogP contribution in [0.3, 0.4) is 0 Å². The number of hydrogen-bond donors (Lipinski definition) is 0. The summed E-state index contributed by atoms with van der Waals surface area (Å²) in [6.45, 7) is 2.26. The molecule has 2 aromatic carbocycles. The van der Waals surface area contributed by atoms with E-state index < -0.39 is 0 Å². The van der Waals surface area contributed by atoms with Gasteiger partial charge in [0, 0.05) is 11.3 Å². The minimum absolute atomic E-state index is 0.231. The Morgan fingerprint density at radius 1 is 1.00 bits per heavy atom. The average molecular weight is 386 g/mol. The SMILES string of the molecule is COc1cc(C)c(CSc2nnc(-c3ccc4c(c3)OCO4)o2)cc1OC. The molecule has 1 aliphatic rings. The van der Waals surface area contributed by atoms with Gasteiger partial charge >= 0.3 is 0 Å². The summed E-state index contributed by atoms with van der Waals surface area (Å²) in [5.74, 6) is 3.93. The fourth-order valence-corrected chi connectivity index (χ4v) is 3.56. The first-order valence-electron chi connectivity index (χ1n) is 8.25. The number of methoxy groups -OCH3 is 2. The molecule has 3 aromatic rings. The van der Waals surface area contributed by atoms with Crippen LogP contribution >= 0.6 is 11.8 Å². The van der Waals surface area contributed by atoms with Gasteiger partial charge in [0.15, 0.2) is 23.0 Å². The minimum Gasteiger partial charge on any atom is -0.493 e. The molecule has 0 amide bonds. The van der Waals surface area contributed by atoms with Gasteiger partial charge in [0.25, 0.3) is 5.22 Å². The quantitative estimate of drug-likeness (QED) is 0.587. The number of rotatable bonds is 6. The fraction of sp³-hybridized carbons (Fsp3) is 0.263. The van der Waals surface area contributed by atoms with Gasteiger partial charge in [-0.3, -0.25) is 0 Å². The zero-order valence-electron chi connectivity index (χ0n) is 15.1. The maximum absolute atomic E-state index is 5.78. The second-order valence-electron chi connectivity index (χ2n) is 5.86. The molecule has 0 atom stereocenters. The van der Waals surface area contributed by atoms with Crippen LogP contribution < -0.4 is 18.9 Å². The molecule has 0 unspecified atom stereocenters. The molecule has 27 heavy (non-hydrogen) atoms. The molecule has 140 valence electrons. The summed E-state index contributed by atoms with van der Waals surface area (Å²) < 4.78 is 27.2. The van der Waals surface area contributed by atoms with Crippen molar-refractivity contribution < 1.29 is 23.4 Å². The van der Waals surface area contributed by atoms with Crippen LogP contribution in [-0.2, 0) is 5.75 Å². The number of ether oxygens (including phenoxy) is 4. The monoisotopic (exact) mass is 386 g/mol. The number of fused-ring (bicyclic) bond motifs is 1. The van der Waals surface area contributed by atoms with Crippen molar-refractivity contribution >= 4 is 11.8 Å². The van der Waals surface area contributed by atoms with Crippen molar-refractivity contribution in [2.24, 2.45) is 0 Å². The summed E-state index contributed by atoms with van der Waals surface area (Å²) in [5, 5.41) is 8.75. The first-order valence-corrected chi connectivity index (χ1v) is 9.24. The second kappa shape index (κ2) is 7.40. The topological polar surface area (TPSA) is 75.8 Å². The summed E-state index contributed by atoms with van der Waals surface area (Å²) in [6, 6.07) is 9.47. The molecular weight excluding hydrogens is 368 g/mol. The van der Waals surface area contributed by atoms with Gasteiger partial charge in [-0.2, -0.15) is 0 Å². The van der Waals surface area contributed by atoms with Crippen LogP contribution in [0.5, 0.6) is 23.0 Å². The summed E-state index contributed by atoms with van der Waals surface area (Å²) in [7, 11) is 3.25. The standard InChI is InChI=1S/C19H18N2O5S/c1-11-6-15(22-2)16(23-3)8-13(11)9-27-19-21-20-18(26-19)12-4-5-14-17(7-12)25-10-24-14/h4-8H,9-10H2,1-3H3. The first-order chi connectivity index (χ1) is 13.2. The number of hydrogen-bond acceptors (Lipinski definition) is 8. The van der Waals surface area contributed by atoms with Gasteiger partial charge in [-0.1, -0.05) is 11.8 Å². The molecule has 0 bridgehead atoms.